The summed E-state index contributed by atoms with van der Waals surface area (Å²) in [6, 6.07) is 9.51. The predicted octanol–water partition coefficient (Wildman–Crippen LogP) is 1.14. The molecule has 142 valence electrons. The SMILES string of the molecule is C[C@H](C(=O)Nc1ccc2c(c1)CCC2)[NH+]1CCN(C(=O)c2ccco2)CC1. The number of hydrogen-bond donors (Lipinski definition) is 2. The van der Waals surface area contributed by atoms with Gasteiger partial charge in [0.05, 0.1) is 32.4 Å². The zero-order valence-corrected chi connectivity index (χ0v) is 15.7. The summed E-state index contributed by atoms with van der Waals surface area (Å²) in [5, 5.41) is 3.07. The van der Waals surface area contributed by atoms with Crippen molar-refractivity contribution in [3.8, 4) is 0 Å². The van der Waals surface area contributed by atoms with Crippen molar-refractivity contribution in [1.29, 1.82) is 0 Å². The number of carbonyl (C=O) groups excluding carboxylic acids is 2. The minimum Gasteiger partial charge on any atom is -0.459 e. The summed E-state index contributed by atoms with van der Waals surface area (Å²) in [6.07, 6.45) is 4.96. The Balaban J connectivity index is 1.31. The molecular weight excluding hydrogens is 342 g/mol. The van der Waals surface area contributed by atoms with Crippen molar-refractivity contribution in [2.24, 2.45) is 0 Å². The van der Waals surface area contributed by atoms with Crippen LogP contribution in [0, 0.1) is 0 Å². The molecule has 0 bridgehead atoms. The van der Waals surface area contributed by atoms with E-state index in [0.29, 0.717) is 18.8 Å². The zero-order valence-electron chi connectivity index (χ0n) is 15.7. The van der Waals surface area contributed by atoms with Gasteiger partial charge >= 0.3 is 0 Å². The molecule has 0 spiro atoms. The van der Waals surface area contributed by atoms with E-state index in [9.17, 15) is 9.59 Å². The molecule has 2 N–H and O–H groups in total. The number of nitrogens with one attached hydrogen (secondary N) is 2. The summed E-state index contributed by atoms with van der Waals surface area (Å²) in [7, 11) is 0. The summed E-state index contributed by atoms with van der Waals surface area (Å²) < 4.78 is 5.20. The van der Waals surface area contributed by atoms with E-state index in [1.807, 2.05) is 13.0 Å². The summed E-state index contributed by atoms with van der Waals surface area (Å²) >= 11 is 0. The number of rotatable bonds is 4. The van der Waals surface area contributed by atoms with Gasteiger partial charge in [-0.15, -0.1) is 0 Å². The Bertz CT molecular complexity index is 823. The molecule has 0 unspecified atom stereocenters. The van der Waals surface area contributed by atoms with Crippen molar-refractivity contribution in [2.75, 3.05) is 31.5 Å². The molecule has 2 heterocycles. The van der Waals surface area contributed by atoms with Gasteiger partial charge in [-0.05, 0) is 61.6 Å². The highest BCUT2D eigenvalue weighted by molar-refractivity contribution is 5.94. The molecule has 4 rings (SSSR count). The number of amides is 2. The van der Waals surface area contributed by atoms with Crippen LogP contribution in [0.3, 0.4) is 0 Å². The second kappa shape index (κ2) is 7.56. The lowest BCUT2D eigenvalue weighted by molar-refractivity contribution is -0.917. The molecule has 1 atom stereocenters. The molecule has 27 heavy (non-hydrogen) atoms. The standard InChI is InChI=1S/C21H25N3O3/c1-15(20(25)22-18-8-7-16-4-2-5-17(16)14-18)23-9-11-24(12-10-23)21(26)19-6-3-13-27-19/h3,6-8,13-15H,2,4-5,9-12H2,1H3,(H,22,25)/p+1/t15-/m1/s1. The highest BCUT2D eigenvalue weighted by Crippen LogP contribution is 2.24. The molecule has 1 fully saturated rings. The molecule has 0 radical (unpaired) electrons. The average Bonchev–Trinajstić information content (AvgIpc) is 3.38. The molecule has 1 aliphatic heterocycles. The maximum atomic E-state index is 12.7. The van der Waals surface area contributed by atoms with Crippen molar-refractivity contribution in [1.82, 2.24) is 4.90 Å². The molecule has 6 heteroatoms. The Morgan fingerprint density at radius 3 is 2.67 bits per heavy atom. The number of aryl methyl sites for hydroxylation is 2. The van der Waals surface area contributed by atoms with Crippen LogP contribution in [-0.4, -0.2) is 48.9 Å². The van der Waals surface area contributed by atoms with Gasteiger partial charge in [0, 0.05) is 5.69 Å². The monoisotopic (exact) mass is 368 g/mol. The van der Waals surface area contributed by atoms with Crippen molar-refractivity contribution in [3.63, 3.8) is 0 Å². The third kappa shape index (κ3) is 3.76. The summed E-state index contributed by atoms with van der Waals surface area (Å²) in [5.41, 5.74) is 3.65. The van der Waals surface area contributed by atoms with E-state index < -0.39 is 0 Å². The van der Waals surface area contributed by atoms with Gasteiger partial charge in [0.2, 0.25) is 0 Å². The van der Waals surface area contributed by atoms with Crippen molar-refractivity contribution >= 4 is 17.5 Å². The van der Waals surface area contributed by atoms with Crippen LogP contribution in [0.25, 0.3) is 0 Å². The van der Waals surface area contributed by atoms with Crippen LogP contribution in [0.1, 0.15) is 35.0 Å². The molecule has 1 aromatic carbocycles. The highest BCUT2D eigenvalue weighted by atomic mass is 16.3. The van der Waals surface area contributed by atoms with Gasteiger partial charge in [0.1, 0.15) is 0 Å². The summed E-state index contributed by atoms with van der Waals surface area (Å²) in [6.45, 7) is 4.73. The van der Waals surface area contributed by atoms with Crippen molar-refractivity contribution in [2.45, 2.75) is 32.2 Å². The topological polar surface area (TPSA) is 67.0 Å². The maximum absolute atomic E-state index is 12.7. The van der Waals surface area contributed by atoms with E-state index >= 15 is 0 Å². The van der Waals surface area contributed by atoms with E-state index in [1.54, 1.807) is 17.0 Å². The second-order valence-corrected chi connectivity index (χ2v) is 7.48. The van der Waals surface area contributed by atoms with Crippen LogP contribution in [0.2, 0.25) is 0 Å². The first-order valence-electron chi connectivity index (χ1n) is 9.72. The van der Waals surface area contributed by atoms with E-state index in [0.717, 1.165) is 31.6 Å². The lowest BCUT2D eigenvalue weighted by Gasteiger charge is -2.34. The Kier molecular flexibility index (Phi) is 4.99. The predicted molar refractivity (Wildman–Crippen MR) is 102 cm³/mol. The Morgan fingerprint density at radius 2 is 1.93 bits per heavy atom. The van der Waals surface area contributed by atoms with Crippen LogP contribution in [0.5, 0.6) is 0 Å². The Labute approximate surface area is 159 Å². The molecule has 2 aromatic rings. The van der Waals surface area contributed by atoms with Gasteiger partial charge in [0.25, 0.3) is 11.8 Å². The molecule has 1 saturated heterocycles. The largest absolute Gasteiger partial charge is 0.459 e. The molecule has 0 saturated carbocycles. The van der Waals surface area contributed by atoms with Crippen LogP contribution in [0.4, 0.5) is 5.69 Å². The van der Waals surface area contributed by atoms with Gasteiger partial charge in [-0.3, -0.25) is 9.59 Å². The van der Waals surface area contributed by atoms with Gasteiger partial charge in [0.15, 0.2) is 11.8 Å². The number of anilines is 1. The minimum absolute atomic E-state index is 0.0359. The number of hydrogen-bond acceptors (Lipinski definition) is 3. The first-order valence-corrected chi connectivity index (χ1v) is 9.72. The minimum atomic E-state index is -0.154. The van der Waals surface area contributed by atoms with Gasteiger partial charge in [-0.25, -0.2) is 0 Å². The fourth-order valence-corrected chi connectivity index (χ4v) is 4.07. The molecule has 6 nitrogen and oxygen atoms in total. The van der Waals surface area contributed by atoms with Crippen LogP contribution in [-0.2, 0) is 17.6 Å². The lowest BCUT2D eigenvalue weighted by atomic mass is 10.1. The number of nitrogens with zero attached hydrogens (tertiary/aromatic N) is 1. The van der Waals surface area contributed by atoms with Gasteiger partial charge in [-0.2, -0.15) is 0 Å². The molecule has 1 aromatic heterocycles. The molecule has 2 amide bonds. The Hall–Kier alpha value is -2.60. The first kappa shape index (κ1) is 17.8. The van der Waals surface area contributed by atoms with E-state index in [2.05, 4.69) is 17.4 Å². The molecular formula is C21H26N3O3+. The Morgan fingerprint density at radius 1 is 1.15 bits per heavy atom. The number of carbonyl (C=O) groups is 2. The van der Waals surface area contributed by atoms with Gasteiger partial charge < -0.3 is 19.5 Å². The first-order chi connectivity index (χ1) is 13.1. The third-order valence-corrected chi connectivity index (χ3v) is 5.80. The second-order valence-electron chi connectivity index (χ2n) is 7.48. The number of piperazine rings is 1. The van der Waals surface area contributed by atoms with Gasteiger partial charge in [-0.1, -0.05) is 6.07 Å². The maximum Gasteiger partial charge on any atom is 0.289 e. The average molecular weight is 368 g/mol. The number of quaternary nitrogens is 1. The van der Waals surface area contributed by atoms with Crippen LogP contribution >= 0.6 is 0 Å². The fraction of sp³-hybridized carbons (Fsp3) is 0.429. The van der Waals surface area contributed by atoms with E-state index in [4.69, 9.17) is 4.42 Å². The van der Waals surface area contributed by atoms with Crippen molar-refractivity contribution in [3.05, 3.63) is 53.5 Å². The van der Waals surface area contributed by atoms with E-state index in [1.165, 1.54) is 28.7 Å². The zero-order chi connectivity index (χ0) is 18.8. The summed E-state index contributed by atoms with van der Waals surface area (Å²) in [5.74, 6) is 0.337. The number of benzene rings is 1. The quantitative estimate of drug-likeness (QED) is 0.850. The number of fused-ring (bicyclic) bond motifs is 1. The summed E-state index contributed by atoms with van der Waals surface area (Å²) in [4.78, 5) is 28.0. The fourth-order valence-electron chi connectivity index (χ4n) is 4.07. The third-order valence-electron chi connectivity index (χ3n) is 5.80. The highest BCUT2D eigenvalue weighted by Gasteiger charge is 2.31. The molecule has 2 aliphatic rings. The molecule has 1 aliphatic carbocycles. The lowest BCUT2D eigenvalue weighted by Crippen LogP contribution is -3.19. The van der Waals surface area contributed by atoms with E-state index in [-0.39, 0.29) is 17.9 Å². The van der Waals surface area contributed by atoms with Crippen LogP contribution < -0.4 is 10.2 Å². The normalized spacial score (nSPS) is 18.2. The van der Waals surface area contributed by atoms with Crippen LogP contribution in [0.15, 0.2) is 41.0 Å². The van der Waals surface area contributed by atoms with Crippen molar-refractivity contribution < 1.29 is 18.9 Å². The smallest absolute Gasteiger partial charge is 0.289 e. The number of furan rings is 1.